The molecule has 0 fully saturated rings. The van der Waals surface area contributed by atoms with E-state index in [1.54, 1.807) is 23.7 Å². The van der Waals surface area contributed by atoms with Crippen molar-refractivity contribution in [1.29, 1.82) is 0 Å². The molecule has 146 valence electrons. The van der Waals surface area contributed by atoms with Crippen molar-refractivity contribution in [2.24, 2.45) is 13.0 Å². The summed E-state index contributed by atoms with van der Waals surface area (Å²) in [5.74, 6) is -0.453. The second-order valence-corrected chi connectivity index (χ2v) is 7.06. The normalized spacial score (nSPS) is 13.1. The van der Waals surface area contributed by atoms with Crippen LogP contribution in [0.1, 0.15) is 20.3 Å². The molecule has 1 aromatic carbocycles. The highest BCUT2D eigenvalue weighted by Gasteiger charge is 2.26. The number of rotatable bonds is 8. The standard InChI is InChI=1S/C18H23FN4O3S/c1-5-11(2)15(17(25)26-4)20-14(24)10-27-18-22-21-16(23(18)3)12-6-8-13(19)9-7-12/h6-9,11,15H,5,10H2,1-4H3,(H,20,24). The zero-order chi connectivity index (χ0) is 20.0. The number of carbonyl (C=O) groups excluding carboxylic acids is 2. The number of halogens is 1. The summed E-state index contributed by atoms with van der Waals surface area (Å²) >= 11 is 1.21. The van der Waals surface area contributed by atoms with Gasteiger partial charge in [0, 0.05) is 12.6 Å². The lowest BCUT2D eigenvalue weighted by atomic mass is 9.99. The first-order chi connectivity index (χ1) is 12.9. The van der Waals surface area contributed by atoms with Crippen molar-refractivity contribution in [2.75, 3.05) is 12.9 Å². The van der Waals surface area contributed by atoms with Gasteiger partial charge in [-0.1, -0.05) is 32.0 Å². The Bertz CT molecular complexity index is 794. The van der Waals surface area contributed by atoms with Crippen LogP contribution in [0.2, 0.25) is 0 Å². The third-order valence-electron chi connectivity index (χ3n) is 4.25. The van der Waals surface area contributed by atoms with Gasteiger partial charge in [-0.15, -0.1) is 10.2 Å². The highest BCUT2D eigenvalue weighted by atomic mass is 32.2. The van der Waals surface area contributed by atoms with Gasteiger partial charge >= 0.3 is 5.97 Å². The van der Waals surface area contributed by atoms with E-state index in [4.69, 9.17) is 4.74 Å². The molecular weight excluding hydrogens is 371 g/mol. The zero-order valence-corrected chi connectivity index (χ0v) is 16.5. The van der Waals surface area contributed by atoms with Gasteiger partial charge in [0.25, 0.3) is 0 Å². The van der Waals surface area contributed by atoms with Crippen molar-refractivity contribution in [2.45, 2.75) is 31.5 Å². The molecule has 0 aliphatic carbocycles. The van der Waals surface area contributed by atoms with E-state index in [1.165, 1.54) is 31.0 Å². The number of hydrogen-bond acceptors (Lipinski definition) is 6. The SMILES string of the molecule is CCC(C)C(NC(=O)CSc1nnc(-c2ccc(F)cc2)n1C)C(=O)OC. The second kappa shape index (κ2) is 9.50. The third-order valence-corrected chi connectivity index (χ3v) is 5.27. The zero-order valence-electron chi connectivity index (χ0n) is 15.7. The van der Waals surface area contributed by atoms with Gasteiger partial charge in [-0.3, -0.25) is 4.79 Å². The van der Waals surface area contributed by atoms with Crippen molar-refractivity contribution >= 4 is 23.6 Å². The maximum absolute atomic E-state index is 13.1. The fourth-order valence-corrected chi connectivity index (χ4v) is 3.15. The molecule has 0 saturated carbocycles. The van der Waals surface area contributed by atoms with Crippen LogP contribution >= 0.6 is 11.8 Å². The van der Waals surface area contributed by atoms with Gasteiger partial charge in [0.2, 0.25) is 5.91 Å². The predicted molar refractivity (Wildman–Crippen MR) is 101 cm³/mol. The lowest BCUT2D eigenvalue weighted by Gasteiger charge is -2.21. The molecule has 9 heteroatoms. The molecule has 0 aliphatic rings. The first-order valence-electron chi connectivity index (χ1n) is 8.52. The summed E-state index contributed by atoms with van der Waals surface area (Å²) in [6, 6.07) is 5.27. The number of esters is 1. The fraction of sp³-hybridized carbons (Fsp3) is 0.444. The van der Waals surface area contributed by atoms with Crippen molar-refractivity contribution in [3.05, 3.63) is 30.1 Å². The van der Waals surface area contributed by atoms with E-state index >= 15 is 0 Å². The Morgan fingerprint density at radius 3 is 2.56 bits per heavy atom. The molecule has 0 bridgehead atoms. The molecule has 1 N–H and O–H groups in total. The van der Waals surface area contributed by atoms with Crippen LogP contribution in [0.3, 0.4) is 0 Å². The summed E-state index contributed by atoms with van der Waals surface area (Å²) in [7, 11) is 3.07. The van der Waals surface area contributed by atoms with Gasteiger partial charge in [0.15, 0.2) is 11.0 Å². The summed E-state index contributed by atoms with van der Waals surface area (Å²) < 4.78 is 19.6. The number of thioether (sulfide) groups is 1. The minimum absolute atomic E-state index is 0.0358. The van der Waals surface area contributed by atoms with E-state index in [0.29, 0.717) is 11.0 Å². The molecule has 0 aliphatic heterocycles. The Morgan fingerprint density at radius 2 is 1.96 bits per heavy atom. The van der Waals surface area contributed by atoms with Crippen molar-refractivity contribution in [1.82, 2.24) is 20.1 Å². The van der Waals surface area contributed by atoms with Crippen molar-refractivity contribution < 1.29 is 18.7 Å². The largest absolute Gasteiger partial charge is 0.467 e. The Labute approximate surface area is 161 Å². The average Bonchev–Trinajstić information content (AvgIpc) is 3.04. The molecule has 1 aromatic heterocycles. The molecule has 0 spiro atoms. The molecule has 0 radical (unpaired) electrons. The highest BCUT2D eigenvalue weighted by Crippen LogP contribution is 2.22. The number of nitrogens with zero attached hydrogens (tertiary/aromatic N) is 3. The maximum Gasteiger partial charge on any atom is 0.328 e. The smallest absolute Gasteiger partial charge is 0.328 e. The Hall–Kier alpha value is -2.42. The van der Waals surface area contributed by atoms with E-state index in [0.717, 1.165) is 12.0 Å². The van der Waals surface area contributed by atoms with E-state index in [9.17, 15) is 14.0 Å². The minimum Gasteiger partial charge on any atom is -0.467 e. The summed E-state index contributed by atoms with van der Waals surface area (Å²) in [5, 5.41) is 11.4. The van der Waals surface area contributed by atoms with Gasteiger partial charge in [-0.25, -0.2) is 9.18 Å². The summed E-state index contributed by atoms with van der Waals surface area (Å²) in [6.07, 6.45) is 0.734. The quantitative estimate of drug-likeness (QED) is 0.547. The topological polar surface area (TPSA) is 86.1 Å². The van der Waals surface area contributed by atoms with Gasteiger partial charge < -0.3 is 14.6 Å². The summed E-state index contributed by atoms with van der Waals surface area (Å²) in [5.41, 5.74) is 0.727. The van der Waals surface area contributed by atoms with Crippen LogP contribution in [0.5, 0.6) is 0 Å². The molecule has 7 nitrogen and oxygen atoms in total. The monoisotopic (exact) mass is 394 g/mol. The van der Waals surface area contributed by atoms with Gasteiger partial charge in [-0.05, 0) is 30.2 Å². The third kappa shape index (κ3) is 5.29. The number of nitrogens with one attached hydrogen (secondary N) is 1. The lowest BCUT2D eigenvalue weighted by molar-refractivity contribution is -0.146. The lowest BCUT2D eigenvalue weighted by Crippen LogP contribution is -2.46. The molecule has 1 heterocycles. The first kappa shape index (κ1) is 20.9. The number of amides is 1. The molecule has 2 rings (SSSR count). The molecule has 2 atom stereocenters. The second-order valence-electron chi connectivity index (χ2n) is 6.11. The summed E-state index contributed by atoms with van der Waals surface area (Å²) in [4.78, 5) is 24.1. The Kier molecular flexibility index (Phi) is 7.35. The molecule has 2 aromatic rings. The number of carbonyl (C=O) groups is 2. The van der Waals surface area contributed by atoms with Crippen LogP contribution in [0.25, 0.3) is 11.4 Å². The average molecular weight is 394 g/mol. The number of hydrogen-bond donors (Lipinski definition) is 1. The van der Waals surface area contributed by atoms with Gasteiger partial charge in [-0.2, -0.15) is 0 Å². The van der Waals surface area contributed by atoms with Crippen molar-refractivity contribution in [3.8, 4) is 11.4 Å². The van der Waals surface area contributed by atoms with Crippen LogP contribution in [0.15, 0.2) is 29.4 Å². The number of aromatic nitrogens is 3. The van der Waals surface area contributed by atoms with Crippen LogP contribution < -0.4 is 5.32 Å². The van der Waals surface area contributed by atoms with Gasteiger partial charge in [0.05, 0.1) is 12.9 Å². The Morgan fingerprint density at radius 1 is 1.30 bits per heavy atom. The van der Waals surface area contributed by atoms with Crippen LogP contribution in [-0.2, 0) is 21.4 Å². The molecule has 1 amide bonds. The molecule has 2 unspecified atom stereocenters. The molecule has 0 saturated heterocycles. The highest BCUT2D eigenvalue weighted by molar-refractivity contribution is 7.99. The fourth-order valence-electron chi connectivity index (χ4n) is 2.43. The maximum atomic E-state index is 13.1. The van der Waals surface area contributed by atoms with Gasteiger partial charge in [0.1, 0.15) is 11.9 Å². The van der Waals surface area contributed by atoms with E-state index < -0.39 is 12.0 Å². The number of methoxy groups -OCH3 is 1. The minimum atomic E-state index is -0.678. The van der Waals surface area contributed by atoms with E-state index in [-0.39, 0.29) is 23.4 Å². The van der Waals surface area contributed by atoms with E-state index in [2.05, 4.69) is 15.5 Å². The summed E-state index contributed by atoms with van der Waals surface area (Å²) in [6.45, 7) is 3.82. The van der Waals surface area contributed by atoms with E-state index in [1.807, 2.05) is 13.8 Å². The Balaban J connectivity index is 2.01. The van der Waals surface area contributed by atoms with Crippen LogP contribution in [0.4, 0.5) is 4.39 Å². The van der Waals surface area contributed by atoms with Crippen LogP contribution in [0, 0.1) is 11.7 Å². The van der Waals surface area contributed by atoms with Crippen molar-refractivity contribution in [3.63, 3.8) is 0 Å². The molecule has 27 heavy (non-hydrogen) atoms. The van der Waals surface area contributed by atoms with Crippen LogP contribution in [-0.4, -0.2) is 45.5 Å². The molecular formula is C18H23FN4O3S. The first-order valence-corrected chi connectivity index (χ1v) is 9.51. The predicted octanol–water partition coefficient (Wildman–Crippen LogP) is 2.42. The number of ether oxygens (including phenoxy) is 1. The number of benzene rings is 1.